The van der Waals surface area contributed by atoms with E-state index in [2.05, 4.69) is 54.0 Å². The number of rotatable bonds is 4. The number of hydrogen-bond acceptors (Lipinski definition) is 3. The van der Waals surface area contributed by atoms with Gasteiger partial charge in [0.15, 0.2) is 0 Å². The third-order valence-electron chi connectivity index (χ3n) is 4.42. The Balaban J connectivity index is 1.65. The number of halogens is 2. The summed E-state index contributed by atoms with van der Waals surface area (Å²) in [6.07, 6.45) is 0. The van der Waals surface area contributed by atoms with Gasteiger partial charge in [-0.3, -0.25) is 0 Å². The number of fused-ring (bicyclic) bond motifs is 1. The van der Waals surface area contributed by atoms with Gasteiger partial charge >= 0.3 is 182 Å². The second kappa shape index (κ2) is 8.59. The normalized spacial score (nSPS) is 16.5. The second-order valence-electron chi connectivity index (χ2n) is 6.56. The molecule has 2 N–H and O–H groups in total. The molecule has 0 saturated heterocycles. The first-order valence-corrected chi connectivity index (χ1v) is 11.6. The second-order valence-corrected chi connectivity index (χ2v) is 10.5. The number of nitrogens with one attached hydrogen (secondary N) is 2. The van der Waals surface area contributed by atoms with Crippen LogP contribution in [0.5, 0.6) is 0 Å². The van der Waals surface area contributed by atoms with Crippen molar-refractivity contribution in [1.29, 1.82) is 0 Å². The maximum absolute atomic E-state index is 6.18. The predicted molar refractivity (Wildman–Crippen MR) is 122 cm³/mol. The van der Waals surface area contributed by atoms with E-state index in [0.29, 0.717) is 29.8 Å². The number of nitrogens with zero attached hydrogens (tertiary/aromatic N) is 1. The first-order valence-electron chi connectivity index (χ1n) is 8.97. The molecule has 0 bridgehead atoms. The van der Waals surface area contributed by atoms with E-state index in [1.165, 1.54) is 4.46 Å². The minimum absolute atomic E-state index is 0.0628. The molecule has 0 aromatic heterocycles. The van der Waals surface area contributed by atoms with Gasteiger partial charge < -0.3 is 0 Å². The van der Waals surface area contributed by atoms with E-state index in [4.69, 9.17) is 28.2 Å². The van der Waals surface area contributed by atoms with Crippen LogP contribution in [0, 0.1) is 0 Å². The molecule has 0 aliphatic carbocycles. The molecule has 142 valence electrons. The molecule has 3 aromatic rings. The molecule has 4 rings (SSSR count). The van der Waals surface area contributed by atoms with E-state index in [1.807, 2.05) is 30.3 Å². The molecule has 0 saturated carbocycles. The topological polar surface area (TPSA) is 36.4 Å². The molecule has 2 atom stereocenters. The van der Waals surface area contributed by atoms with Crippen LogP contribution in [-0.4, -0.2) is 26.8 Å². The zero-order valence-electron chi connectivity index (χ0n) is 15.2. The molecule has 1 aliphatic heterocycles. The zero-order chi connectivity index (χ0) is 19.5. The van der Waals surface area contributed by atoms with E-state index in [1.54, 1.807) is 6.07 Å². The summed E-state index contributed by atoms with van der Waals surface area (Å²) >= 11 is 12.6. The number of hydrogen-bond donors (Lipinski definition) is 2. The third kappa shape index (κ3) is 4.53. The van der Waals surface area contributed by atoms with Gasteiger partial charge in [0, 0.05) is 0 Å². The van der Waals surface area contributed by atoms with Crippen LogP contribution in [0.3, 0.4) is 0 Å². The van der Waals surface area contributed by atoms with E-state index in [9.17, 15) is 0 Å². The van der Waals surface area contributed by atoms with Crippen molar-refractivity contribution in [1.82, 2.24) is 0 Å². The number of benzene rings is 3. The minimum atomic E-state index is 0.0628. The van der Waals surface area contributed by atoms with Crippen molar-refractivity contribution in [2.75, 3.05) is 10.6 Å². The molecule has 2 unspecified atom stereocenters. The van der Waals surface area contributed by atoms with Gasteiger partial charge in [0.05, 0.1) is 0 Å². The first-order chi connectivity index (χ1) is 13.6. The zero-order valence-corrected chi connectivity index (χ0v) is 18.4. The van der Waals surface area contributed by atoms with Crippen LogP contribution in [-0.2, 0) is 0 Å². The fraction of sp³-hybridized carbons (Fsp3) is 0.136. The summed E-state index contributed by atoms with van der Waals surface area (Å²) in [5.74, 6) is 0.877. The Hall–Kier alpha value is -1.97. The summed E-state index contributed by atoms with van der Waals surface area (Å²) < 4.78 is 1.37. The summed E-state index contributed by atoms with van der Waals surface area (Å²) in [7, 11) is 0. The molecule has 28 heavy (non-hydrogen) atoms. The van der Waals surface area contributed by atoms with Gasteiger partial charge in [0.2, 0.25) is 0 Å². The monoisotopic (exact) mass is 475 g/mol. The molecular weight excluding hydrogens is 456 g/mol. The van der Waals surface area contributed by atoms with E-state index >= 15 is 0 Å². The fourth-order valence-electron chi connectivity index (χ4n) is 3.13. The first kappa shape index (κ1) is 19.4. The summed E-state index contributed by atoms with van der Waals surface area (Å²) in [5.41, 5.74) is 2.81. The van der Waals surface area contributed by atoms with Crippen LogP contribution < -0.4 is 15.1 Å². The summed E-state index contributed by atoms with van der Waals surface area (Å²) in [6, 6.07) is 24.2. The molecule has 6 heteroatoms. The van der Waals surface area contributed by atoms with E-state index in [0.717, 1.165) is 22.9 Å². The molecule has 0 fully saturated rings. The Kier molecular flexibility index (Phi) is 5.93. The van der Waals surface area contributed by atoms with Gasteiger partial charge in [0.1, 0.15) is 0 Å². The summed E-state index contributed by atoms with van der Waals surface area (Å²) in [6.45, 7) is 2.26. The molecule has 3 aromatic carbocycles. The van der Waals surface area contributed by atoms with Gasteiger partial charge in [-0.2, -0.15) is 0 Å². The molecule has 1 heterocycles. The Bertz CT molecular complexity index is 987. The van der Waals surface area contributed by atoms with Crippen LogP contribution in [0.25, 0.3) is 0 Å². The third-order valence-corrected chi connectivity index (χ3v) is 7.35. The number of aliphatic imine (C=N–C) groups is 1. The predicted octanol–water partition coefficient (Wildman–Crippen LogP) is 5.77. The molecule has 1 aliphatic rings. The molecule has 0 amide bonds. The van der Waals surface area contributed by atoms with Crippen molar-refractivity contribution in [3.05, 3.63) is 82.8 Å². The van der Waals surface area contributed by atoms with Gasteiger partial charge in [-0.15, -0.1) is 0 Å². The standard InChI is InChI=1S/C22H19Cl2N3Se/c1-14(28-18-7-3-2-4-8-18)21-22(25-17-12-15(23)11-16(24)13-17)27-20-10-6-5-9-19(20)26-21/h2-14,21,26H,1H3,(H,25,27). The van der Waals surface area contributed by atoms with Crippen LogP contribution in [0.1, 0.15) is 6.92 Å². The molecule has 0 spiro atoms. The number of amidine groups is 1. The van der Waals surface area contributed by atoms with Crippen LogP contribution >= 0.6 is 23.2 Å². The summed E-state index contributed by atoms with van der Waals surface area (Å²) in [5, 5.41) is 8.31. The van der Waals surface area contributed by atoms with Gasteiger partial charge in [-0.1, -0.05) is 0 Å². The Morgan fingerprint density at radius 3 is 2.39 bits per heavy atom. The Labute approximate surface area is 181 Å². The van der Waals surface area contributed by atoms with Crippen LogP contribution in [0.4, 0.5) is 17.1 Å². The number of anilines is 2. The van der Waals surface area contributed by atoms with Crippen molar-refractivity contribution < 1.29 is 0 Å². The quantitative estimate of drug-likeness (QED) is 0.471. The molecular formula is C22H19Cl2N3Se. The number of para-hydroxylation sites is 2. The van der Waals surface area contributed by atoms with Crippen molar-refractivity contribution in [2.45, 2.75) is 17.8 Å². The fourth-order valence-corrected chi connectivity index (χ4v) is 5.91. The average molecular weight is 475 g/mol. The SMILES string of the molecule is CC([Se]c1ccccc1)C1Nc2ccccc2N=C1Nc1cc(Cl)cc(Cl)c1. The van der Waals surface area contributed by atoms with Crippen LogP contribution in [0.2, 0.25) is 14.9 Å². The van der Waals surface area contributed by atoms with Gasteiger partial charge in [0.25, 0.3) is 0 Å². The van der Waals surface area contributed by atoms with E-state index in [-0.39, 0.29) is 6.04 Å². The van der Waals surface area contributed by atoms with Crippen molar-refractivity contribution >= 4 is 65.5 Å². The van der Waals surface area contributed by atoms with E-state index < -0.39 is 0 Å². The van der Waals surface area contributed by atoms with Gasteiger partial charge in [-0.05, 0) is 0 Å². The molecule has 0 radical (unpaired) electrons. The average Bonchev–Trinajstić information content (AvgIpc) is 2.67. The Morgan fingerprint density at radius 2 is 1.64 bits per heavy atom. The maximum atomic E-state index is 6.18. The van der Waals surface area contributed by atoms with Crippen LogP contribution in [0.15, 0.2) is 77.8 Å². The molecule has 3 nitrogen and oxygen atoms in total. The summed E-state index contributed by atoms with van der Waals surface area (Å²) in [4.78, 5) is 5.29. The van der Waals surface area contributed by atoms with Crippen molar-refractivity contribution in [2.24, 2.45) is 4.99 Å². The Morgan fingerprint density at radius 1 is 0.964 bits per heavy atom. The van der Waals surface area contributed by atoms with Crippen molar-refractivity contribution in [3.8, 4) is 0 Å². The van der Waals surface area contributed by atoms with Crippen molar-refractivity contribution in [3.63, 3.8) is 0 Å². The van der Waals surface area contributed by atoms with Gasteiger partial charge in [-0.25, -0.2) is 0 Å².